The summed E-state index contributed by atoms with van der Waals surface area (Å²) in [4.78, 5) is 18.1. The number of benzene rings is 1. The number of nitrogens with zero attached hydrogens (tertiary/aromatic N) is 5. The van der Waals surface area contributed by atoms with Crippen molar-refractivity contribution < 1.29 is 0 Å². The molecule has 0 saturated carbocycles. The zero-order chi connectivity index (χ0) is 14.7. The second kappa shape index (κ2) is 6.11. The minimum atomic E-state index is 0.505. The average molecular weight is 319 g/mol. The molecule has 0 aliphatic heterocycles. The number of hydrogen-bond donors (Lipinski definition) is 1. The molecule has 1 aromatic carbocycles. The van der Waals surface area contributed by atoms with Crippen LogP contribution in [0.25, 0.3) is 5.95 Å². The molecule has 2 heterocycles. The minimum absolute atomic E-state index is 0.505. The molecular formula is C13H11ClN6S. The molecule has 0 spiro atoms. The van der Waals surface area contributed by atoms with Gasteiger partial charge in [-0.3, -0.25) is 4.57 Å². The van der Waals surface area contributed by atoms with Crippen molar-refractivity contribution in [3.8, 4) is 5.95 Å². The van der Waals surface area contributed by atoms with E-state index < -0.39 is 0 Å². The van der Waals surface area contributed by atoms with Crippen molar-refractivity contribution >= 4 is 29.3 Å². The highest BCUT2D eigenvalue weighted by atomic mass is 35.5. The van der Waals surface area contributed by atoms with E-state index in [9.17, 15) is 0 Å². The fraction of sp³-hybridized carbons (Fsp3) is 0.0769. The molecule has 106 valence electrons. The van der Waals surface area contributed by atoms with Gasteiger partial charge in [-0.25, -0.2) is 4.98 Å². The second-order valence-corrected chi connectivity index (χ2v) is 5.49. The van der Waals surface area contributed by atoms with E-state index in [1.54, 1.807) is 30.3 Å². The van der Waals surface area contributed by atoms with Gasteiger partial charge in [0.15, 0.2) is 5.16 Å². The van der Waals surface area contributed by atoms with Crippen molar-refractivity contribution in [2.24, 2.45) is 0 Å². The second-order valence-electron chi connectivity index (χ2n) is 4.02. The largest absolute Gasteiger partial charge is 0.357 e. The van der Waals surface area contributed by atoms with Crippen LogP contribution in [0.2, 0.25) is 5.02 Å². The summed E-state index contributed by atoms with van der Waals surface area (Å²) in [5.41, 5.74) is 0. The van der Waals surface area contributed by atoms with Gasteiger partial charge in [-0.2, -0.15) is 15.0 Å². The van der Waals surface area contributed by atoms with Gasteiger partial charge in [-0.1, -0.05) is 11.6 Å². The monoisotopic (exact) mass is 318 g/mol. The van der Waals surface area contributed by atoms with Gasteiger partial charge in [0.05, 0.1) is 0 Å². The molecule has 1 N–H and O–H groups in total. The smallest absolute Gasteiger partial charge is 0.240 e. The van der Waals surface area contributed by atoms with Crippen LogP contribution in [-0.2, 0) is 0 Å². The van der Waals surface area contributed by atoms with Crippen LogP contribution in [0, 0.1) is 0 Å². The highest BCUT2D eigenvalue weighted by Gasteiger charge is 2.08. The first kappa shape index (κ1) is 13.8. The van der Waals surface area contributed by atoms with Crippen molar-refractivity contribution in [3.05, 3.63) is 48.0 Å². The Morgan fingerprint density at radius 2 is 1.95 bits per heavy atom. The van der Waals surface area contributed by atoms with Crippen LogP contribution in [0.5, 0.6) is 0 Å². The Kier molecular flexibility index (Phi) is 4.03. The van der Waals surface area contributed by atoms with E-state index in [1.807, 2.05) is 24.3 Å². The quantitative estimate of drug-likeness (QED) is 0.797. The summed E-state index contributed by atoms with van der Waals surface area (Å²) in [5, 5.41) is 4.23. The van der Waals surface area contributed by atoms with Crippen molar-refractivity contribution in [2.45, 2.75) is 10.1 Å². The lowest BCUT2D eigenvalue weighted by atomic mass is 10.4. The molecule has 21 heavy (non-hydrogen) atoms. The van der Waals surface area contributed by atoms with E-state index in [1.165, 1.54) is 11.8 Å². The summed E-state index contributed by atoms with van der Waals surface area (Å²) in [6.45, 7) is 0. The van der Waals surface area contributed by atoms with E-state index >= 15 is 0 Å². The van der Waals surface area contributed by atoms with Crippen LogP contribution in [-0.4, -0.2) is 31.6 Å². The molecular weight excluding hydrogens is 308 g/mol. The number of nitrogens with one attached hydrogen (secondary N) is 1. The van der Waals surface area contributed by atoms with Crippen LogP contribution in [0.15, 0.2) is 53.0 Å². The number of hydrogen-bond acceptors (Lipinski definition) is 6. The van der Waals surface area contributed by atoms with Crippen molar-refractivity contribution in [1.82, 2.24) is 24.5 Å². The lowest BCUT2D eigenvalue weighted by Crippen LogP contribution is -2.06. The molecule has 0 saturated heterocycles. The fourth-order valence-corrected chi connectivity index (χ4v) is 2.47. The number of anilines is 1. The summed E-state index contributed by atoms with van der Waals surface area (Å²) in [5.74, 6) is 1.02. The molecule has 0 fully saturated rings. The summed E-state index contributed by atoms with van der Waals surface area (Å²) < 4.78 is 1.73. The van der Waals surface area contributed by atoms with Crippen LogP contribution in [0.3, 0.4) is 0 Å². The number of rotatable bonds is 4. The van der Waals surface area contributed by atoms with Gasteiger partial charge >= 0.3 is 0 Å². The molecule has 3 aromatic rings. The van der Waals surface area contributed by atoms with Crippen molar-refractivity contribution in [1.29, 1.82) is 0 Å². The lowest BCUT2D eigenvalue weighted by Gasteiger charge is -2.06. The third-order valence-corrected chi connectivity index (χ3v) is 3.71. The predicted octanol–water partition coefficient (Wildman–Crippen LogP) is 2.90. The van der Waals surface area contributed by atoms with Crippen molar-refractivity contribution in [2.75, 3.05) is 12.4 Å². The molecule has 8 heteroatoms. The molecule has 3 rings (SSSR count). The Balaban J connectivity index is 1.94. The standard InChI is InChI=1S/C13H11ClN6S/c1-15-11-17-12(20-7-6-16-8-20)19-13(18-11)21-10-4-2-9(14)3-5-10/h2-8H,1H3,(H,15,17,18,19). The minimum Gasteiger partial charge on any atom is -0.357 e. The number of aromatic nitrogens is 5. The molecule has 0 unspecified atom stereocenters. The average Bonchev–Trinajstić information content (AvgIpc) is 3.04. The molecule has 0 bridgehead atoms. The fourth-order valence-electron chi connectivity index (χ4n) is 1.60. The third kappa shape index (κ3) is 3.32. The molecule has 0 aliphatic carbocycles. The molecule has 0 atom stereocenters. The number of imidazole rings is 1. The normalized spacial score (nSPS) is 10.6. The van der Waals surface area contributed by atoms with Crippen molar-refractivity contribution in [3.63, 3.8) is 0 Å². The third-order valence-electron chi connectivity index (χ3n) is 2.58. The van der Waals surface area contributed by atoms with Gasteiger partial charge in [-0.15, -0.1) is 0 Å². The van der Waals surface area contributed by atoms with Gasteiger partial charge in [0.2, 0.25) is 11.9 Å². The van der Waals surface area contributed by atoms with Gasteiger partial charge < -0.3 is 5.32 Å². The first-order chi connectivity index (χ1) is 10.2. The van der Waals surface area contributed by atoms with Gasteiger partial charge in [0, 0.05) is 29.4 Å². The van der Waals surface area contributed by atoms with Gasteiger partial charge in [-0.05, 0) is 36.0 Å². The zero-order valence-corrected chi connectivity index (χ0v) is 12.6. The number of halogens is 1. The molecule has 0 aliphatic rings. The van der Waals surface area contributed by atoms with Crippen LogP contribution >= 0.6 is 23.4 Å². The van der Waals surface area contributed by atoms with E-state index in [0.29, 0.717) is 22.1 Å². The Labute approximate surface area is 130 Å². The summed E-state index contributed by atoms with van der Waals surface area (Å²) >= 11 is 7.33. The van der Waals surface area contributed by atoms with E-state index in [4.69, 9.17) is 11.6 Å². The Hall–Kier alpha value is -2.12. The van der Waals surface area contributed by atoms with Crippen LogP contribution in [0.1, 0.15) is 0 Å². The maximum absolute atomic E-state index is 5.88. The molecule has 0 radical (unpaired) electrons. The van der Waals surface area contributed by atoms with E-state index in [-0.39, 0.29) is 0 Å². The Bertz CT molecular complexity index is 729. The van der Waals surface area contributed by atoms with Crippen LogP contribution < -0.4 is 5.32 Å². The zero-order valence-electron chi connectivity index (χ0n) is 11.1. The van der Waals surface area contributed by atoms with E-state index in [0.717, 1.165) is 4.90 Å². The maximum Gasteiger partial charge on any atom is 0.240 e. The molecule has 6 nitrogen and oxygen atoms in total. The van der Waals surface area contributed by atoms with Crippen LogP contribution in [0.4, 0.5) is 5.95 Å². The highest BCUT2D eigenvalue weighted by molar-refractivity contribution is 7.99. The Morgan fingerprint density at radius 1 is 1.14 bits per heavy atom. The molecule has 2 aromatic heterocycles. The maximum atomic E-state index is 5.88. The summed E-state index contributed by atoms with van der Waals surface area (Å²) in [6.07, 6.45) is 5.10. The topological polar surface area (TPSA) is 68.5 Å². The lowest BCUT2D eigenvalue weighted by molar-refractivity contribution is 0.828. The molecule has 0 amide bonds. The van der Waals surface area contributed by atoms with Gasteiger partial charge in [0.25, 0.3) is 0 Å². The van der Waals surface area contributed by atoms with Gasteiger partial charge in [0.1, 0.15) is 6.33 Å². The Morgan fingerprint density at radius 3 is 2.62 bits per heavy atom. The van der Waals surface area contributed by atoms with E-state index in [2.05, 4.69) is 25.3 Å². The first-order valence-corrected chi connectivity index (χ1v) is 7.29. The summed E-state index contributed by atoms with van der Waals surface area (Å²) in [6, 6.07) is 7.52. The first-order valence-electron chi connectivity index (χ1n) is 6.10. The summed E-state index contributed by atoms with van der Waals surface area (Å²) in [7, 11) is 1.77. The SMILES string of the molecule is CNc1nc(Sc2ccc(Cl)cc2)nc(-n2ccnc2)n1. The predicted molar refractivity (Wildman–Crippen MR) is 82.1 cm³/mol. The highest BCUT2D eigenvalue weighted by Crippen LogP contribution is 2.26.